The average molecular weight is 439 g/mol. The molecule has 3 rings (SSSR count). The lowest BCUT2D eigenvalue weighted by Crippen LogP contribution is -2.51. The van der Waals surface area contributed by atoms with Crippen LogP contribution in [0.3, 0.4) is 0 Å². The highest BCUT2D eigenvalue weighted by molar-refractivity contribution is 7.99. The zero-order valence-electron chi connectivity index (χ0n) is 18.5. The second-order valence-electron chi connectivity index (χ2n) is 8.15. The number of rotatable bonds is 11. The third kappa shape index (κ3) is 7.42. The summed E-state index contributed by atoms with van der Waals surface area (Å²) in [6.07, 6.45) is 6.27. The second-order valence-corrected chi connectivity index (χ2v) is 9.32. The molecule has 1 aliphatic rings. The van der Waals surface area contributed by atoms with E-state index in [2.05, 4.69) is 29.6 Å². The van der Waals surface area contributed by atoms with Crippen LogP contribution in [-0.2, 0) is 16.0 Å². The molecular formula is C26H34N2O2S. The molecule has 0 bridgehead atoms. The van der Waals surface area contributed by atoms with Crippen molar-refractivity contribution in [1.82, 2.24) is 10.2 Å². The molecule has 2 amide bonds. The first-order valence-corrected chi connectivity index (χ1v) is 12.5. The molecule has 0 aromatic heterocycles. The van der Waals surface area contributed by atoms with E-state index in [1.54, 1.807) is 11.8 Å². The molecule has 1 atom stereocenters. The minimum atomic E-state index is -0.404. The summed E-state index contributed by atoms with van der Waals surface area (Å²) in [5, 5.41) is 3.21. The van der Waals surface area contributed by atoms with Crippen molar-refractivity contribution in [3.63, 3.8) is 0 Å². The first-order valence-electron chi connectivity index (χ1n) is 11.5. The summed E-state index contributed by atoms with van der Waals surface area (Å²) in [5.74, 6) is 0.782. The maximum atomic E-state index is 13.2. The normalized spacial score (nSPS) is 14.9. The molecule has 5 heteroatoms. The van der Waals surface area contributed by atoms with E-state index in [1.165, 1.54) is 18.4 Å². The molecular weight excluding hydrogens is 404 g/mol. The Kier molecular flexibility index (Phi) is 9.47. The molecule has 1 fully saturated rings. The van der Waals surface area contributed by atoms with Crippen LogP contribution in [0.2, 0.25) is 0 Å². The van der Waals surface area contributed by atoms with Crippen molar-refractivity contribution >= 4 is 23.6 Å². The van der Waals surface area contributed by atoms with Crippen molar-refractivity contribution in [1.29, 1.82) is 0 Å². The van der Waals surface area contributed by atoms with Gasteiger partial charge in [0, 0.05) is 29.7 Å². The van der Waals surface area contributed by atoms with Crippen molar-refractivity contribution in [2.24, 2.45) is 0 Å². The number of hydrogen-bond acceptors (Lipinski definition) is 3. The molecule has 2 aromatic rings. The fourth-order valence-electron chi connectivity index (χ4n) is 4.18. The third-order valence-electron chi connectivity index (χ3n) is 5.90. The average Bonchev–Trinajstić information content (AvgIpc) is 3.31. The van der Waals surface area contributed by atoms with E-state index in [0.29, 0.717) is 25.1 Å². The van der Waals surface area contributed by atoms with Gasteiger partial charge in [-0.05, 0) is 43.4 Å². The summed E-state index contributed by atoms with van der Waals surface area (Å²) in [4.78, 5) is 29.3. The SMILES string of the molecule is CC[C@H](C(=O)NC1CCCC1)N(CCc1ccccc1)C(=O)CCSc1ccccc1. The van der Waals surface area contributed by atoms with Gasteiger partial charge in [-0.15, -0.1) is 11.8 Å². The van der Waals surface area contributed by atoms with Crippen LogP contribution < -0.4 is 5.32 Å². The van der Waals surface area contributed by atoms with E-state index in [9.17, 15) is 9.59 Å². The lowest BCUT2D eigenvalue weighted by molar-refractivity contribution is -0.140. The van der Waals surface area contributed by atoms with E-state index in [1.807, 2.05) is 48.2 Å². The molecule has 166 valence electrons. The van der Waals surface area contributed by atoms with Gasteiger partial charge in [-0.25, -0.2) is 0 Å². The highest BCUT2D eigenvalue weighted by atomic mass is 32.2. The summed E-state index contributed by atoms with van der Waals surface area (Å²) in [6.45, 7) is 2.57. The van der Waals surface area contributed by atoms with Crippen LogP contribution in [0, 0.1) is 0 Å². The largest absolute Gasteiger partial charge is 0.352 e. The molecule has 0 unspecified atom stereocenters. The lowest BCUT2D eigenvalue weighted by atomic mass is 10.1. The van der Waals surface area contributed by atoms with Gasteiger partial charge in [0.15, 0.2) is 0 Å². The lowest BCUT2D eigenvalue weighted by Gasteiger charge is -2.31. The van der Waals surface area contributed by atoms with E-state index in [4.69, 9.17) is 0 Å². The fraction of sp³-hybridized carbons (Fsp3) is 0.462. The van der Waals surface area contributed by atoms with Gasteiger partial charge in [-0.1, -0.05) is 68.3 Å². The predicted octanol–water partition coefficient (Wildman–Crippen LogP) is 5.08. The molecule has 1 aliphatic carbocycles. The topological polar surface area (TPSA) is 49.4 Å². The monoisotopic (exact) mass is 438 g/mol. The van der Waals surface area contributed by atoms with Crippen LogP contribution in [0.5, 0.6) is 0 Å². The van der Waals surface area contributed by atoms with E-state index < -0.39 is 6.04 Å². The van der Waals surface area contributed by atoms with Crippen molar-refractivity contribution in [3.05, 3.63) is 66.2 Å². The Labute approximate surface area is 190 Å². The highest BCUT2D eigenvalue weighted by Crippen LogP contribution is 2.21. The summed E-state index contributed by atoms with van der Waals surface area (Å²) < 4.78 is 0. The van der Waals surface area contributed by atoms with Gasteiger partial charge in [0.25, 0.3) is 0 Å². The van der Waals surface area contributed by atoms with Crippen LogP contribution in [0.1, 0.15) is 51.0 Å². The zero-order valence-corrected chi connectivity index (χ0v) is 19.3. The first-order chi connectivity index (χ1) is 15.2. The molecule has 4 nitrogen and oxygen atoms in total. The molecule has 0 radical (unpaired) electrons. The number of hydrogen-bond donors (Lipinski definition) is 1. The second kappa shape index (κ2) is 12.6. The molecule has 0 heterocycles. The standard InChI is InChI=1S/C26H34N2O2S/c1-2-24(26(30)27-22-13-9-10-14-22)28(19-17-21-11-5-3-6-12-21)25(29)18-20-31-23-15-7-4-8-16-23/h3-8,11-12,15-16,22,24H,2,9-10,13-14,17-20H2,1H3,(H,27,30)/t24-/m1/s1. The molecule has 31 heavy (non-hydrogen) atoms. The summed E-state index contributed by atoms with van der Waals surface area (Å²) in [7, 11) is 0. The first kappa shape index (κ1) is 23.4. The molecule has 0 spiro atoms. The summed E-state index contributed by atoms with van der Waals surface area (Å²) in [6, 6.07) is 20.2. The van der Waals surface area contributed by atoms with Crippen molar-refractivity contribution < 1.29 is 9.59 Å². The number of nitrogens with zero attached hydrogens (tertiary/aromatic N) is 1. The Morgan fingerprint density at radius 1 is 1.03 bits per heavy atom. The summed E-state index contributed by atoms with van der Waals surface area (Å²) >= 11 is 1.69. The highest BCUT2D eigenvalue weighted by Gasteiger charge is 2.30. The van der Waals surface area contributed by atoms with Gasteiger partial charge in [0.1, 0.15) is 6.04 Å². The van der Waals surface area contributed by atoms with Crippen LogP contribution in [0.15, 0.2) is 65.6 Å². The van der Waals surface area contributed by atoms with Crippen LogP contribution in [-0.4, -0.2) is 41.1 Å². The number of carbonyl (C=O) groups excluding carboxylic acids is 2. The Morgan fingerprint density at radius 3 is 2.32 bits per heavy atom. The van der Waals surface area contributed by atoms with Crippen molar-refractivity contribution in [2.45, 2.75) is 68.8 Å². The quantitative estimate of drug-likeness (QED) is 0.498. The Bertz CT molecular complexity index is 807. The van der Waals surface area contributed by atoms with Gasteiger partial charge in [-0.2, -0.15) is 0 Å². The zero-order chi connectivity index (χ0) is 21.9. The number of amides is 2. The fourth-order valence-corrected chi connectivity index (χ4v) is 5.04. The molecule has 1 N–H and O–H groups in total. The maximum Gasteiger partial charge on any atom is 0.243 e. The van der Waals surface area contributed by atoms with Gasteiger partial charge in [-0.3, -0.25) is 9.59 Å². The minimum Gasteiger partial charge on any atom is -0.352 e. The van der Waals surface area contributed by atoms with Gasteiger partial charge in [0.2, 0.25) is 11.8 Å². The molecule has 0 aliphatic heterocycles. The number of thioether (sulfide) groups is 1. The van der Waals surface area contributed by atoms with Gasteiger partial charge in [0.05, 0.1) is 0 Å². The Morgan fingerprint density at radius 2 is 1.68 bits per heavy atom. The maximum absolute atomic E-state index is 13.2. The van der Waals surface area contributed by atoms with E-state index >= 15 is 0 Å². The number of benzene rings is 2. The minimum absolute atomic E-state index is 0.00604. The van der Waals surface area contributed by atoms with Gasteiger partial charge >= 0.3 is 0 Å². The van der Waals surface area contributed by atoms with E-state index in [-0.39, 0.29) is 17.9 Å². The summed E-state index contributed by atoms with van der Waals surface area (Å²) in [5.41, 5.74) is 1.19. The Hall–Kier alpha value is -2.27. The smallest absolute Gasteiger partial charge is 0.243 e. The third-order valence-corrected chi connectivity index (χ3v) is 6.91. The van der Waals surface area contributed by atoms with Crippen LogP contribution in [0.25, 0.3) is 0 Å². The number of carbonyl (C=O) groups is 2. The van der Waals surface area contributed by atoms with E-state index in [0.717, 1.165) is 24.2 Å². The molecule has 0 saturated heterocycles. The molecule has 1 saturated carbocycles. The Balaban J connectivity index is 1.64. The van der Waals surface area contributed by atoms with Gasteiger partial charge < -0.3 is 10.2 Å². The predicted molar refractivity (Wildman–Crippen MR) is 128 cm³/mol. The van der Waals surface area contributed by atoms with Crippen molar-refractivity contribution in [3.8, 4) is 0 Å². The number of nitrogens with one attached hydrogen (secondary N) is 1. The molecule has 2 aromatic carbocycles. The van der Waals surface area contributed by atoms with Crippen LogP contribution >= 0.6 is 11.8 Å². The van der Waals surface area contributed by atoms with Crippen molar-refractivity contribution in [2.75, 3.05) is 12.3 Å². The van der Waals surface area contributed by atoms with Crippen LogP contribution in [0.4, 0.5) is 0 Å².